The van der Waals surface area contributed by atoms with Crippen LogP contribution in [0.25, 0.3) is 0 Å². The van der Waals surface area contributed by atoms with Gasteiger partial charge in [-0.2, -0.15) is 0 Å². The molecule has 0 aromatic carbocycles. The Bertz CT molecular complexity index is 2360. The van der Waals surface area contributed by atoms with Crippen LogP contribution in [0.3, 0.4) is 0 Å². The lowest BCUT2D eigenvalue weighted by Crippen LogP contribution is -2.70. The molecule has 95 heavy (non-hydrogen) atoms. The summed E-state index contributed by atoms with van der Waals surface area (Å²) in [5.74, 6) is -8.12. The van der Waals surface area contributed by atoms with Gasteiger partial charge in [-0.1, -0.05) is 20.8 Å². The van der Waals surface area contributed by atoms with Gasteiger partial charge in [0.1, 0.15) is 153 Å². The second-order valence-corrected chi connectivity index (χ2v) is 25.3. The average molecular weight is 1390 g/mol. The smallest absolute Gasteiger partial charge is 0.364 e. The minimum absolute atomic E-state index is 0.499. The molecule has 18 unspecified atom stereocenters. The number of nitrogens with two attached hydrogens (primary N) is 1. The molecule has 8 rings (SSSR count). The third-order valence-corrected chi connectivity index (χ3v) is 19.1. The van der Waals surface area contributed by atoms with Gasteiger partial charge in [-0.15, -0.1) is 0 Å². The van der Waals surface area contributed by atoms with Gasteiger partial charge in [0.15, 0.2) is 37.7 Å². The van der Waals surface area contributed by atoms with Crippen LogP contribution in [0.15, 0.2) is 0 Å². The van der Waals surface area contributed by atoms with Crippen molar-refractivity contribution in [3.63, 3.8) is 0 Å². The fourth-order valence-electron chi connectivity index (χ4n) is 12.8. The van der Waals surface area contributed by atoms with E-state index in [2.05, 4.69) is 0 Å². The maximum atomic E-state index is 12.9. The van der Waals surface area contributed by atoms with Crippen molar-refractivity contribution in [1.82, 2.24) is 0 Å². The topological polar surface area (TPSA) is 647 Å². The van der Waals surface area contributed by atoms with Crippen molar-refractivity contribution in [1.29, 1.82) is 0 Å². The molecule has 25 N–H and O–H groups in total. The molecule has 41 atom stereocenters. The van der Waals surface area contributed by atoms with E-state index in [1.54, 1.807) is 13.8 Å². The highest BCUT2D eigenvalue weighted by Gasteiger charge is 2.61. The van der Waals surface area contributed by atoms with E-state index in [-0.39, 0.29) is 0 Å². The van der Waals surface area contributed by atoms with Crippen molar-refractivity contribution < 1.29 is 193 Å². The molecule has 0 aromatic rings. The molecule has 0 aromatic heterocycles. The highest BCUT2D eigenvalue weighted by Crippen LogP contribution is 2.42. The Morgan fingerprint density at radius 3 is 1.32 bits per heavy atom. The summed E-state index contributed by atoms with van der Waals surface area (Å²) in [7, 11) is 0. The molecule has 0 saturated carbocycles. The molecule has 40 heteroatoms. The number of carboxylic acid groups (broad SMARTS) is 1. The summed E-state index contributed by atoms with van der Waals surface area (Å²) in [6.07, 6.45) is -67.1. The number of carboxylic acids is 1. The number of aliphatic hydroxyl groups excluding tert-OH is 22. The van der Waals surface area contributed by atoms with Crippen LogP contribution < -0.4 is 5.73 Å². The van der Waals surface area contributed by atoms with Gasteiger partial charge in [0.25, 0.3) is 5.79 Å². The first-order chi connectivity index (χ1) is 44.9. The number of aliphatic carboxylic acids is 1. The number of carbonyl (C=O) groups is 1. The normalized spacial score (nSPS) is 51.6. The van der Waals surface area contributed by atoms with Crippen LogP contribution >= 0.6 is 0 Å². The van der Waals surface area contributed by atoms with E-state index in [0.29, 0.717) is 0 Å². The largest absolute Gasteiger partial charge is 0.477 e. The minimum Gasteiger partial charge on any atom is -0.477 e. The Morgan fingerprint density at radius 2 is 0.821 bits per heavy atom. The van der Waals surface area contributed by atoms with Crippen LogP contribution in [0.1, 0.15) is 34.1 Å². The molecule has 8 aliphatic rings. The van der Waals surface area contributed by atoms with Crippen LogP contribution in [0.2, 0.25) is 0 Å². The Kier molecular flexibility index (Phi) is 27.6. The summed E-state index contributed by atoms with van der Waals surface area (Å²) in [5.41, 5.74) is 5.97. The van der Waals surface area contributed by atoms with Crippen molar-refractivity contribution in [3.05, 3.63) is 0 Å². The van der Waals surface area contributed by atoms with Gasteiger partial charge in [0, 0.05) is 24.2 Å². The maximum absolute atomic E-state index is 12.9. The zero-order valence-electron chi connectivity index (χ0n) is 51.9. The van der Waals surface area contributed by atoms with Crippen LogP contribution in [0.4, 0.5) is 0 Å². The quantitative estimate of drug-likeness (QED) is 0.0404. The molecule has 0 amide bonds. The molecular weight excluding hydrogens is 1300 g/mol. The Balaban J connectivity index is 1.00. The predicted molar refractivity (Wildman–Crippen MR) is 297 cm³/mol. The summed E-state index contributed by atoms with van der Waals surface area (Å²) in [5, 5.41) is 250. The SMILES string of the molecule is CC1C(O)[C@H](OC2OC(CO)[C@H](O)[C@H](O[C@]3(C(=O)O)C[C@@H](O)[C@@H](N)C(C(O)C(O)CO)O3)C2O)[C@H](CO)O[C@H]1O[C@@H]1C(O)[C@H](O)C(CO)O[C@@H]1OCC1O[C@@H](O[C@@H]2C(CO)O[C@@H](O[C@@H]3C(CO)O[C@@H](C)[C@@H](C)C3O)[C@@H](C)C2O)[C@H](O)C(O[C@H]2O[C@H](CO)[C@@H](O)C(O)C2O)[C@@H]1O. The Morgan fingerprint density at radius 1 is 0.432 bits per heavy atom. The average Bonchev–Trinajstić information content (AvgIpc) is 0.769. The van der Waals surface area contributed by atoms with Crippen molar-refractivity contribution in [2.45, 2.75) is 267 Å². The van der Waals surface area contributed by atoms with Gasteiger partial charge in [-0.3, -0.25) is 0 Å². The lowest BCUT2D eigenvalue weighted by atomic mass is 9.88. The summed E-state index contributed by atoms with van der Waals surface area (Å²) < 4.78 is 88.4. The van der Waals surface area contributed by atoms with Gasteiger partial charge in [-0.25, -0.2) is 4.79 Å². The Hall–Kier alpha value is -2.05. The first-order valence-electron chi connectivity index (χ1n) is 31.2. The third kappa shape index (κ3) is 16.3. The molecule has 0 bridgehead atoms. The first-order valence-corrected chi connectivity index (χ1v) is 31.2. The zero-order valence-corrected chi connectivity index (χ0v) is 51.9. The summed E-state index contributed by atoms with van der Waals surface area (Å²) >= 11 is 0. The van der Waals surface area contributed by atoms with E-state index in [1.807, 2.05) is 0 Å². The van der Waals surface area contributed by atoms with E-state index >= 15 is 0 Å². The van der Waals surface area contributed by atoms with Crippen LogP contribution in [-0.4, -0.2) is 409 Å². The minimum atomic E-state index is -3.11. The number of aliphatic hydroxyl groups is 22. The number of rotatable bonds is 25. The van der Waals surface area contributed by atoms with Gasteiger partial charge >= 0.3 is 5.97 Å². The number of ether oxygens (including phenoxy) is 15. The fourth-order valence-corrected chi connectivity index (χ4v) is 12.8. The highest BCUT2D eigenvalue weighted by molar-refractivity contribution is 5.76. The maximum Gasteiger partial charge on any atom is 0.364 e. The van der Waals surface area contributed by atoms with E-state index < -0.39 is 316 Å². The molecule has 8 fully saturated rings. The lowest BCUT2D eigenvalue weighted by Gasteiger charge is -2.51. The standard InChI is InChI=1S/C55H95NO39/c1-14-17(4)82-23(10-61)41(28(14)66)89-48-15(2)29(67)42(24(11-62)86-48)90-51-39(77)45(92-50-38(76)36(74)32(70)20(7-58)83-50)35(73)26(88-51)13-81-53-47(37(75)33(71)21(8-59)85-53)93-49-16(3)30(68)43(25(12-63)87-49)91-52-40(78)46(34(72)22(9-60)84-52)95-55(54(79)80)5-18(64)27(56)44(94-55)31(69)19(65)6-57/h14-53,57-78H,5-13,56H2,1-4H3,(H,79,80)/t14-,15+,16?,17+,18-,19?,20-,21?,22?,23?,24?,25+,26?,27-,28?,29?,30?,31?,32-,33-,34+,35-,36?,37?,38?,39-,40?,41-,42-,43-,44?,45?,46+,47-,48+,49+,50-,51+,52?,53+,55+/m1/s1. The molecular formula is C55H95NO39. The zero-order chi connectivity index (χ0) is 70.1. The summed E-state index contributed by atoms with van der Waals surface area (Å²) in [4.78, 5) is 12.9. The summed E-state index contributed by atoms with van der Waals surface area (Å²) in [6.45, 7) is -1.55. The van der Waals surface area contributed by atoms with Crippen molar-refractivity contribution in [3.8, 4) is 0 Å². The van der Waals surface area contributed by atoms with Crippen molar-refractivity contribution >= 4 is 5.97 Å². The van der Waals surface area contributed by atoms with Crippen molar-refractivity contribution in [2.75, 3.05) is 52.9 Å². The number of hydrogen-bond donors (Lipinski definition) is 24. The van der Waals surface area contributed by atoms with Crippen LogP contribution in [0, 0.1) is 17.8 Å². The van der Waals surface area contributed by atoms with E-state index in [1.165, 1.54) is 13.8 Å². The molecule has 0 spiro atoms. The Labute approximate surface area is 541 Å². The third-order valence-electron chi connectivity index (χ3n) is 19.1. The molecule has 0 radical (unpaired) electrons. The second kappa shape index (κ2) is 33.4. The predicted octanol–water partition coefficient (Wildman–Crippen LogP) is -14.4. The van der Waals surface area contributed by atoms with Crippen molar-refractivity contribution in [2.24, 2.45) is 23.5 Å². The molecule has 554 valence electrons. The highest BCUT2D eigenvalue weighted by atomic mass is 16.8. The summed E-state index contributed by atoms with van der Waals surface area (Å²) in [6, 6.07) is -1.61. The fraction of sp³-hybridized carbons (Fsp3) is 0.982. The molecule has 0 aliphatic carbocycles. The van der Waals surface area contributed by atoms with Gasteiger partial charge in [-0.05, 0) is 6.92 Å². The molecule has 8 heterocycles. The van der Waals surface area contributed by atoms with Gasteiger partial charge < -0.3 is 194 Å². The molecule has 8 aliphatic heterocycles. The molecule has 40 nitrogen and oxygen atoms in total. The van der Waals surface area contributed by atoms with Gasteiger partial charge in [0.2, 0.25) is 0 Å². The van der Waals surface area contributed by atoms with E-state index in [4.69, 9.17) is 76.8 Å². The first kappa shape index (κ1) is 78.7. The molecule has 8 saturated heterocycles. The second-order valence-electron chi connectivity index (χ2n) is 25.3. The number of hydrogen-bond acceptors (Lipinski definition) is 39. The van der Waals surface area contributed by atoms with Crippen LogP contribution in [0.5, 0.6) is 0 Å². The lowest BCUT2D eigenvalue weighted by molar-refractivity contribution is -0.395. The van der Waals surface area contributed by atoms with E-state index in [0.717, 1.165) is 0 Å². The van der Waals surface area contributed by atoms with E-state index in [9.17, 15) is 122 Å². The van der Waals surface area contributed by atoms with Gasteiger partial charge in [0.05, 0.1) is 89.4 Å². The monoisotopic (exact) mass is 1390 g/mol. The van der Waals surface area contributed by atoms with Crippen LogP contribution in [-0.2, 0) is 75.8 Å².